The van der Waals surface area contributed by atoms with E-state index in [9.17, 15) is 0 Å². The molecule has 0 rings (SSSR count). The van der Waals surface area contributed by atoms with E-state index in [1.807, 2.05) is 17.8 Å². The molecule has 1 unspecified atom stereocenters. The van der Waals surface area contributed by atoms with Crippen LogP contribution >= 0.6 is 11.8 Å². The summed E-state index contributed by atoms with van der Waals surface area (Å²) in [6.45, 7) is 7.91. The van der Waals surface area contributed by atoms with E-state index in [0.717, 1.165) is 0 Å². The molecule has 1 atom stereocenters. The van der Waals surface area contributed by atoms with Crippen molar-refractivity contribution >= 4 is 11.8 Å². The fourth-order valence-corrected chi connectivity index (χ4v) is 0.948. The Labute approximate surface area is 56.4 Å². The highest BCUT2D eigenvalue weighted by molar-refractivity contribution is 8.01. The molecule has 47 valence electrons. The van der Waals surface area contributed by atoms with Crippen molar-refractivity contribution in [1.29, 1.82) is 0 Å². The van der Waals surface area contributed by atoms with Gasteiger partial charge in [0.2, 0.25) is 0 Å². The van der Waals surface area contributed by atoms with Crippen LogP contribution in [0.15, 0.2) is 12.7 Å². The Morgan fingerprint density at radius 3 is 2.75 bits per heavy atom. The Kier molecular flexibility index (Phi) is 5.29. The molecule has 0 bridgehead atoms. The summed E-state index contributed by atoms with van der Waals surface area (Å²) in [6.07, 6.45) is 1.98. The first-order valence-electron chi connectivity index (χ1n) is 2.83. The summed E-state index contributed by atoms with van der Waals surface area (Å²) in [4.78, 5) is 0. The standard InChI is InChI=1S/C7H13S/c1-4-7(3)6-8-5-2/h4-5,7H,1,6H2,2-3H3. The van der Waals surface area contributed by atoms with E-state index in [4.69, 9.17) is 0 Å². The molecule has 0 aromatic rings. The summed E-state index contributed by atoms with van der Waals surface area (Å²) in [7, 11) is 0. The fraction of sp³-hybridized carbons (Fsp3) is 0.571. The Bertz CT molecular complexity index is 59.4. The lowest BCUT2D eigenvalue weighted by atomic mass is 10.2. The highest BCUT2D eigenvalue weighted by Crippen LogP contribution is 2.10. The van der Waals surface area contributed by atoms with E-state index in [0.29, 0.717) is 5.92 Å². The van der Waals surface area contributed by atoms with Crippen LogP contribution in [0, 0.1) is 11.7 Å². The lowest BCUT2D eigenvalue weighted by Crippen LogP contribution is -1.90. The Hall–Kier alpha value is 0.0900. The average Bonchev–Trinajstić information content (AvgIpc) is 1.83. The first-order chi connectivity index (χ1) is 3.81. The second-order valence-electron chi connectivity index (χ2n) is 1.78. The highest BCUT2D eigenvalue weighted by atomic mass is 32.2. The summed E-state index contributed by atoms with van der Waals surface area (Å²) in [5, 5.41) is 0. The summed E-state index contributed by atoms with van der Waals surface area (Å²) in [5.74, 6) is 3.93. The maximum atomic E-state index is 3.69. The first-order valence-corrected chi connectivity index (χ1v) is 3.88. The first kappa shape index (κ1) is 8.09. The molecule has 0 saturated heterocycles. The summed E-state index contributed by atoms with van der Waals surface area (Å²) >= 11 is 1.84. The summed E-state index contributed by atoms with van der Waals surface area (Å²) in [6, 6.07) is 0. The van der Waals surface area contributed by atoms with Crippen LogP contribution in [0.4, 0.5) is 0 Å². The van der Waals surface area contributed by atoms with Gasteiger partial charge >= 0.3 is 0 Å². The van der Waals surface area contributed by atoms with Crippen molar-refractivity contribution in [2.24, 2.45) is 5.92 Å². The molecule has 0 aliphatic rings. The summed E-state index contributed by atoms with van der Waals surface area (Å²) in [5.41, 5.74) is 0. The SMILES string of the molecule is C=CC(C)CS[CH]C. The van der Waals surface area contributed by atoms with Gasteiger partial charge in [-0.1, -0.05) is 19.9 Å². The predicted octanol–water partition coefficient (Wildman–Crippen LogP) is 2.72. The Balaban J connectivity index is 2.98. The number of thioether (sulfide) groups is 1. The predicted molar refractivity (Wildman–Crippen MR) is 41.8 cm³/mol. The van der Waals surface area contributed by atoms with Crippen LogP contribution in [0.25, 0.3) is 0 Å². The topological polar surface area (TPSA) is 0 Å². The molecule has 0 aromatic heterocycles. The second-order valence-corrected chi connectivity index (χ2v) is 2.92. The van der Waals surface area contributed by atoms with Crippen LogP contribution < -0.4 is 0 Å². The van der Waals surface area contributed by atoms with Crippen molar-refractivity contribution < 1.29 is 0 Å². The van der Waals surface area contributed by atoms with Gasteiger partial charge in [-0.3, -0.25) is 0 Å². The zero-order chi connectivity index (χ0) is 6.41. The lowest BCUT2D eigenvalue weighted by Gasteiger charge is -2.00. The van der Waals surface area contributed by atoms with Crippen LogP contribution in [0.3, 0.4) is 0 Å². The molecule has 0 aromatic carbocycles. The molecule has 8 heavy (non-hydrogen) atoms. The highest BCUT2D eigenvalue weighted by Gasteiger charge is 1.92. The van der Waals surface area contributed by atoms with Crippen molar-refractivity contribution in [1.82, 2.24) is 0 Å². The van der Waals surface area contributed by atoms with Gasteiger partial charge in [-0.05, 0) is 11.7 Å². The number of hydrogen-bond donors (Lipinski definition) is 0. The van der Waals surface area contributed by atoms with Gasteiger partial charge in [-0.2, -0.15) is 11.8 Å². The third kappa shape index (κ3) is 4.25. The Morgan fingerprint density at radius 2 is 2.38 bits per heavy atom. The molecular weight excluding hydrogens is 116 g/mol. The van der Waals surface area contributed by atoms with E-state index >= 15 is 0 Å². The van der Waals surface area contributed by atoms with Crippen LogP contribution in [0.1, 0.15) is 13.8 Å². The van der Waals surface area contributed by atoms with Crippen molar-refractivity contribution in [2.45, 2.75) is 13.8 Å². The normalized spacial score (nSPS) is 13.2. The molecule has 0 N–H and O–H groups in total. The zero-order valence-electron chi connectivity index (χ0n) is 5.55. The summed E-state index contributed by atoms with van der Waals surface area (Å²) < 4.78 is 0. The number of hydrogen-bond acceptors (Lipinski definition) is 1. The molecule has 0 aliphatic heterocycles. The molecule has 0 nitrogen and oxygen atoms in total. The number of rotatable bonds is 4. The molecule has 0 heterocycles. The van der Waals surface area contributed by atoms with Gasteiger partial charge in [0.05, 0.1) is 0 Å². The Morgan fingerprint density at radius 1 is 1.75 bits per heavy atom. The molecule has 0 spiro atoms. The van der Waals surface area contributed by atoms with Crippen LogP contribution in [-0.4, -0.2) is 5.75 Å². The van der Waals surface area contributed by atoms with Crippen molar-refractivity contribution in [2.75, 3.05) is 5.75 Å². The largest absolute Gasteiger partial charge is 0.157 e. The van der Waals surface area contributed by atoms with E-state index in [-0.39, 0.29) is 0 Å². The quantitative estimate of drug-likeness (QED) is 0.526. The third-order valence-electron chi connectivity index (χ3n) is 0.928. The second kappa shape index (κ2) is 5.23. The van der Waals surface area contributed by atoms with E-state index in [1.54, 1.807) is 0 Å². The molecule has 1 radical (unpaired) electrons. The minimum absolute atomic E-state index is 0.649. The van der Waals surface area contributed by atoms with Crippen LogP contribution in [0.5, 0.6) is 0 Å². The van der Waals surface area contributed by atoms with Gasteiger partial charge in [0, 0.05) is 5.75 Å². The fourth-order valence-electron chi connectivity index (χ4n) is 0.316. The average molecular weight is 129 g/mol. The third-order valence-corrected chi connectivity index (χ3v) is 1.98. The van der Waals surface area contributed by atoms with Gasteiger partial charge in [0.25, 0.3) is 0 Å². The maximum Gasteiger partial charge on any atom is 0.0135 e. The van der Waals surface area contributed by atoms with Crippen molar-refractivity contribution in [3.63, 3.8) is 0 Å². The van der Waals surface area contributed by atoms with E-state index in [2.05, 4.69) is 26.2 Å². The minimum Gasteiger partial charge on any atom is -0.157 e. The van der Waals surface area contributed by atoms with Crippen molar-refractivity contribution in [3.8, 4) is 0 Å². The van der Waals surface area contributed by atoms with Crippen LogP contribution in [-0.2, 0) is 0 Å². The molecular formula is C7H13S. The van der Waals surface area contributed by atoms with Crippen molar-refractivity contribution in [3.05, 3.63) is 18.4 Å². The molecule has 0 saturated carbocycles. The molecule has 0 amide bonds. The molecule has 0 aliphatic carbocycles. The van der Waals surface area contributed by atoms with Gasteiger partial charge in [0.15, 0.2) is 0 Å². The van der Waals surface area contributed by atoms with Gasteiger partial charge in [0.1, 0.15) is 0 Å². The van der Waals surface area contributed by atoms with Crippen LogP contribution in [0.2, 0.25) is 0 Å². The smallest absolute Gasteiger partial charge is 0.0135 e. The monoisotopic (exact) mass is 129 g/mol. The maximum absolute atomic E-state index is 3.69. The van der Waals surface area contributed by atoms with E-state index in [1.165, 1.54) is 5.75 Å². The van der Waals surface area contributed by atoms with Gasteiger partial charge < -0.3 is 0 Å². The lowest BCUT2D eigenvalue weighted by molar-refractivity contribution is 0.851. The van der Waals surface area contributed by atoms with Gasteiger partial charge in [-0.15, -0.1) is 6.58 Å². The number of allylic oxidation sites excluding steroid dienone is 1. The minimum atomic E-state index is 0.649. The van der Waals surface area contributed by atoms with E-state index < -0.39 is 0 Å². The molecule has 1 heteroatoms. The molecule has 0 fully saturated rings. The van der Waals surface area contributed by atoms with Gasteiger partial charge in [-0.25, -0.2) is 0 Å². The zero-order valence-corrected chi connectivity index (χ0v) is 6.37.